The summed E-state index contributed by atoms with van der Waals surface area (Å²) >= 11 is 1.48. The first-order valence-corrected chi connectivity index (χ1v) is 9.84. The number of aromatic nitrogens is 1. The van der Waals surface area contributed by atoms with Crippen molar-refractivity contribution in [3.05, 3.63) is 35.9 Å². The lowest BCUT2D eigenvalue weighted by Gasteiger charge is -2.12. The van der Waals surface area contributed by atoms with Crippen molar-refractivity contribution in [2.75, 3.05) is 17.8 Å². The molecule has 0 saturated heterocycles. The van der Waals surface area contributed by atoms with Crippen LogP contribution in [0.1, 0.15) is 12.5 Å². The van der Waals surface area contributed by atoms with Crippen LogP contribution in [0.4, 0.5) is 0 Å². The summed E-state index contributed by atoms with van der Waals surface area (Å²) in [5.74, 6) is 0.667. The monoisotopic (exact) mass is 324 g/mol. The average molecular weight is 324 g/mol. The fourth-order valence-electron chi connectivity index (χ4n) is 2.05. The molecule has 6 heteroatoms. The predicted molar refractivity (Wildman–Crippen MR) is 89.5 cm³/mol. The van der Waals surface area contributed by atoms with Gasteiger partial charge in [-0.2, -0.15) is 0 Å². The van der Waals surface area contributed by atoms with Crippen LogP contribution in [0.5, 0.6) is 0 Å². The van der Waals surface area contributed by atoms with Gasteiger partial charge in [0.1, 0.15) is 14.9 Å². The van der Waals surface area contributed by atoms with Gasteiger partial charge in [-0.1, -0.05) is 18.2 Å². The van der Waals surface area contributed by atoms with E-state index in [2.05, 4.69) is 11.1 Å². The third-order valence-electron chi connectivity index (χ3n) is 3.00. The van der Waals surface area contributed by atoms with Gasteiger partial charge in [0, 0.05) is 23.4 Å². The molecule has 0 aliphatic heterocycles. The van der Waals surface area contributed by atoms with E-state index in [1.165, 1.54) is 18.0 Å². The van der Waals surface area contributed by atoms with Crippen molar-refractivity contribution in [3.8, 4) is 0 Å². The van der Waals surface area contributed by atoms with E-state index in [0.717, 1.165) is 27.9 Å². The standard InChI is InChI=1S/C15H20N2O2S2/c1-11(16)9-13-10-12-5-3-4-6-14(12)17-15(13)20-7-8-21(2,18)19/h3-6,10-11H,7-9,16H2,1-2H3. The Morgan fingerprint density at radius 1 is 1.33 bits per heavy atom. The molecule has 0 aliphatic carbocycles. The molecule has 114 valence electrons. The molecule has 2 aromatic rings. The van der Waals surface area contributed by atoms with E-state index in [0.29, 0.717) is 5.75 Å². The first-order valence-electron chi connectivity index (χ1n) is 6.80. The molecule has 0 radical (unpaired) electrons. The van der Waals surface area contributed by atoms with E-state index >= 15 is 0 Å². The van der Waals surface area contributed by atoms with E-state index in [1.807, 2.05) is 31.2 Å². The summed E-state index contributed by atoms with van der Waals surface area (Å²) in [5.41, 5.74) is 7.91. The molecule has 1 atom stereocenters. The predicted octanol–water partition coefficient (Wildman–Crippen LogP) is 2.26. The van der Waals surface area contributed by atoms with Crippen LogP contribution >= 0.6 is 11.8 Å². The van der Waals surface area contributed by atoms with E-state index < -0.39 is 9.84 Å². The maximum atomic E-state index is 11.2. The summed E-state index contributed by atoms with van der Waals surface area (Å²) in [6.45, 7) is 1.96. The zero-order valence-corrected chi connectivity index (χ0v) is 13.9. The summed E-state index contributed by atoms with van der Waals surface area (Å²) in [6, 6.07) is 10.1. The molecule has 1 aromatic heterocycles. The Kier molecular flexibility index (Phi) is 5.24. The molecule has 0 amide bonds. The van der Waals surface area contributed by atoms with Crippen molar-refractivity contribution >= 4 is 32.5 Å². The Balaban J connectivity index is 2.29. The van der Waals surface area contributed by atoms with Crippen molar-refractivity contribution < 1.29 is 8.42 Å². The zero-order valence-electron chi connectivity index (χ0n) is 12.2. The van der Waals surface area contributed by atoms with Crippen molar-refractivity contribution in [2.24, 2.45) is 5.73 Å². The van der Waals surface area contributed by atoms with Crippen LogP contribution in [0.25, 0.3) is 10.9 Å². The number of fused-ring (bicyclic) bond motifs is 1. The van der Waals surface area contributed by atoms with Gasteiger partial charge in [0.05, 0.1) is 11.3 Å². The molecule has 4 nitrogen and oxygen atoms in total. The molecule has 1 unspecified atom stereocenters. The quantitative estimate of drug-likeness (QED) is 0.825. The number of hydrogen-bond donors (Lipinski definition) is 1. The lowest BCUT2D eigenvalue weighted by molar-refractivity contribution is 0.603. The second kappa shape index (κ2) is 6.77. The number of nitrogens with two attached hydrogens (primary N) is 1. The number of nitrogens with zero attached hydrogens (tertiary/aromatic N) is 1. The molecular weight excluding hydrogens is 304 g/mol. The molecule has 0 saturated carbocycles. The van der Waals surface area contributed by atoms with Gasteiger partial charge in [-0.25, -0.2) is 13.4 Å². The van der Waals surface area contributed by atoms with Crippen LogP contribution in [-0.2, 0) is 16.3 Å². The van der Waals surface area contributed by atoms with Gasteiger partial charge in [-0.3, -0.25) is 0 Å². The van der Waals surface area contributed by atoms with Gasteiger partial charge < -0.3 is 5.73 Å². The zero-order chi connectivity index (χ0) is 15.5. The van der Waals surface area contributed by atoms with Crippen LogP contribution in [0.2, 0.25) is 0 Å². The topological polar surface area (TPSA) is 73.0 Å². The Bertz CT molecular complexity index is 728. The summed E-state index contributed by atoms with van der Waals surface area (Å²) in [5, 5.41) is 1.97. The first kappa shape index (κ1) is 16.3. The van der Waals surface area contributed by atoms with E-state index in [-0.39, 0.29) is 11.8 Å². The number of sulfone groups is 1. The molecule has 2 rings (SSSR count). The van der Waals surface area contributed by atoms with Crippen molar-refractivity contribution in [1.29, 1.82) is 0 Å². The molecule has 21 heavy (non-hydrogen) atoms. The molecule has 0 fully saturated rings. The molecule has 1 aromatic carbocycles. The largest absolute Gasteiger partial charge is 0.328 e. The Morgan fingerprint density at radius 2 is 2.05 bits per heavy atom. The Morgan fingerprint density at radius 3 is 2.71 bits per heavy atom. The summed E-state index contributed by atoms with van der Waals surface area (Å²) in [6.07, 6.45) is 1.99. The van der Waals surface area contributed by atoms with Crippen LogP contribution in [0.3, 0.4) is 0 Å². The first-order chi connectivity index (χ1) is 9.85. The second-order valence-electron chi connectivity index (χ2n) is 5.31. The smallest absolute Gasteiger partial charge is 0.148 e. The molecule has 0 spiro atoms. The highest BCUT2D eigenvalue weighted by Crippen LogP contribution is 2.26. The minimum Gasteiger partial charge on any atom is -0.328 e. The van der Waals surface area contributed by atoms with Gasteiger partial charge in [-0.15, -0.1) is 11.8 Å². The minimum atomic E-state index is -2.95. The number of hydrogen-bond acceptors (Lipinski definition) is 5. The average Bonchev–Trinajstić information content (AvgIpc) is 2.37. The van der Waals surface area contributed by atoms with Gasteiger partial charge in [0.2, 0.25) is 0 Å². The maximum Gasteiger partial charge on any atom is 0.148 e. The van der Waals surface area contributed by atoms with Crippen molar-refractivity contribution in [2.45, 2.75) is 24.4 Å². The number of benzene rings is 1. The third kappa shape index (κ3) is 4.98. The highest BCUT2D eigenvalue weighted by molar-refractivity contribution is 8.00. The number of para-hydroxylation sites is 1. The van der Waals surface area contributed by atoms with Crippen LogP contribution in [0.15, 0.2) is 35.4 Å². The highest BCUT2D eigenvalue weighted by Gasteiger charge is 2.11. The number of thioether (sulfide) groups is 1. The van der Waals surface area contributed by atoms with Gasteiger partial charge >= 0.3 is 0 Å². The normalized spacial score (nSPS) is 13.5. The SMILES string of the molecule is CC(N)Cc1cc2ccccc2nc1SCCS(C)(=O)=O. The molecule has 1 heterocycles. The Labute approximate surface area is 130 Å². The van der Waals surface area contributed by atoms with Crippen LogP contribution in [-0.4, -0.2) is 37.2 Å². The molecule has 2 N–H and O–H groups in total. The van der Waals surface area contributed by atoms with E-state index in [1.54, 1.807) is 0 Å². The Hall–Kier alpha value is -1.11. The molecule has 0 aliphatic rings. The number of pyridine rings is 1. The van der Waals surface area contributed by atoms with Crippen molar-refractivity contribution in [1.82, 2.24) is 4.98 Å². The van der Waals surface area contributed by atoms with E-state index in [9.17, 15) is 8.42 Å². The van der Waals surface area contributed by atoms with Gasteiger partial charge in [0.15, 0.2) is 0 Å². The minimum absolute atomic E-state index is 0.0437. The second-order valence-corrected chi connectivity index (χ2v) is 8.65. The third-order valence-corrected chi connectivity index (χ3v) is 5.24. The maximum absolute atomic E-state index is 11.2. The molecule has 0 bridgehead atoms. The summed E-state index contributed by atoms with van der Waals surface area (Å²) < 4.78 is 22.5. The van der Waals surface area contributed by atoms with Gasteiger partial charge in [0.25, 0.3) is 0 Å². The number of rotatable bonds is 6. The van der Waals surface area contributed by atoms with Crippen LogP contribution in [0, 0.1) is 0 Å². The molecular formula is C15H20N2O2S2. The summed E-state index contributed by atoms with van der Waals surface area (Å²) in [4.78, 5) is 4.66. The van der Waals surface area contributed by atoms with Gasteiger partial charge in [-0.05, 0) is 31.0 Å². The fraction of sp³-hybridized carbons (Fsp3) is 0.400. The van der Waals surface area contributed by atoms with E-state index in [4.69, 9.17) is 5.73 Å². The highest BCUT2D eigenvalue weighted by atomic mass is 32.2. The lowest BCUT2D eigenvalue weighted by Crippen LogP contribution is -2.18. The summed E-state index contributed by atoms with van der Waals surface area (Å²) in [7, 11) is -2.95. The lowest BCUT2D eigenvalue weighted by atomic mass is 10.1. The van der Waals surface area contributed by atoms with Crippen LogP contribution < -0.4 is 5.73 Å². The van der Waals surface area contributed by atoms with Crippen molar-refractivity contribution in [3.63, 3.8) is 0 Å². The fourth-order valence-corrected chi connectivity index (χ4v) is 4.28.